The van der Waals surface area contributed by atoms with E-state index in [1.807, 2.05) is 4.90 Å². The second-order valence-corrected chi connectivity index (χ2v) is 5.18. The molecule has 104 valence electrons. The summed E-state index contributed by atoms with van der Waals surface area (Å²) in [6.07, 6.45) is 8.49. The van der Waals surface area contributed by atoms with Gasteiger partial charge in [-0.25, -0.2) is 0 Å². The van der Waals surface area contributed by atoms with Crippen LogP contribution in [-0.4, -0.2) is 43.4 Å². The van der Waals surface area contributed by atoms with Crippen molar-refractivity contribution in [3.63, 3.8) is 0 Å². The van der Waals surface area contributed by atoms with Crippen molar-refractivity contribution in [3.8, 4) is 0 Å². The molecule has 0 aromatic carbocycles. The SMILES string of the molecule is O=C(c1ccncc1Cl)N1CCC[C@H]1Cn1ccnn1. The fraction of sp³-hybridized carbons (Fsp3) is 0.385. The van der Waals surface area contributed by atoms with E-state index in [0.717, 1.165) is 19.4 Å². The molecule has 0 bridgehead atoms. The van der Waals surface area contributed by atoms with Crippen LogP contribution in [0.15, 0.2) is 30.9 Å². The van der Waals surface area contributed by atoms with Crippen LogP contribution in [0, 0.1) is 0 Å². The van der Waals surface area contributed by atoms with E-state index in [4.69, 9.17) is 11.6 Å². The number of hydrogen-bond acceptors (Lipinski definition) is 4. The van der Waals surface area contributed by atoms with Crippen LogP contribution < -0.4 is 0 Å². The molecule has 1 aliphatic rings. The van der Waals surface area contributed by atoms with Crippen LogP contribution >= 0.6 is 11.6 Å². The summed E-state index contributed by atoms with van der Waals surface area (Å²) in [5.74, 6) is -0.0417. The Morgan fingerprint density at radius 2 is 2.35 bits per heavy atom. The van der Waals surface area contributed by atoms with Crippen LogP contribution in [-0.2, 0) is 6.54 Å². The van der Waals surface area contributed by atoms with E-state index in [1.54, 1.807) is 29.3 Å². The van der Waals surface area contributed by atoms with Gasteiger partial charge in [0.25, 0.3) is 5.91 Å². The Hall–Kier alpha value is -1.95. The molecule has 0 saturated carbocycles. The number of amides is 1. The molecule has 20 heavy (non-hydrogen) atoms. The fourth-order valence-electron chi connectivity index (χ4n) is 2.54. The molecule has 3 heterocycles. The van der Waals surface area contributed by atoms with E-state index in [0.29, 0.717) is 17.1 Å². The maximum atomic E-state index is 12.6. The number of likely N-dealkylation sites (tertiary alicyclic amines) is 1. The molecule has 6 nitrogen and oxygen atoms in total. The van der Waals surface area contributed by atoms with E-state index in [9.17, 15) is 4.79 Å². The molecule has 0 spiro atoms. The van der Waals surface area contributed by atoms with Crippen LogP contribution in [0.3, 0.4) is 0 Å². The summed E-state index contributed by atoms with van der Waals surface area (Å²) in [6, 6.07) is 1.80. The molecule has 7 heteroatoms. The molecule has 1 saturated heterocycles. The summed E-state index contributed by atoms with van der Waals surface area (Å²) < 4.78 is 1.75. The lowest BCUT2D eigenvalue weighted by atomic mass is 10.2. The molecule has 2 aromatic rings. The van der Waals surface area contributed by atoms with Gasteiger partial charge in [-0.1, -0.05) is 16.8 Å². The highest BCUT2D eigenvalue weighted by Crippen LogP contribution is 2.24. The highest BCUT2D eigenvalue weighted by molar-refractivity contribution is 6.33. The Kier molecular flexibility index (Phi) is 3.64. The largest absolute Gasteiger partial charge is 0.334 e. The van der Waals surface area contributed by atoms with Gasteiger partial charge in [0.2, 0.25) is 0 Å². The molecule has 0 N–H and O–H groups in total. The first-order valence-corrected chi connectivity index (χ1v) is 6.88. The average molecular weight is 292 g/mol. The predicted octanol–water partition coefficient (Wildman–Crippen LogP) is 1.63. The fourth-order valence-corrected chi connectivity index (χ4v) is 2.74. The van der Waals surface area contributed by atoms with Crippen LogP contribution in [0.5, 0.6) is 0 Å². The molecular formula is C13H14ClN5O. The van der Waals surface area contributed by atoms with Crippen molar-refractivity contribution in [3.05, 3.63) is 41.4 Å². The summed E-state index contributed by atoms with van der Waals surface area (Å²) in [5.41, 5.74) is 0.507. The summed E-state index contributed by atoms with van der Waals surface area (Å²) >= 11 is 6.05. The molecule has 0 radical (unpaired) electrons. The van der Waals surface area contributed by atoms with Crippen LogP contribution in [0.4, 0.5) is 0 Å². The Morgan fingerprint density at radius 3 is 3.10 bits per heavy atom. The molecule has 1 atom stereocenters. The van der Waals surface area contributed by atoms with Crippen molar-refractivity contribution in [2.75, 3.05) is 6.54 Å². The third kappa shape index (κ3) is 2.51. The minimum atomic E-state index is -0.0417. The van der Waals surface area contributed by atoms with Gasteiger partial charge in [0.05, 0.1) is 29.4 Å². The van der Waals surface area contributed by atoms with E-state index < -0.39 is 0 Å². The van der Waals surface area contributed by atoms with E-state index in [2.05, 4.69) is 15.3 Å². The van der Waals surface area contributed by atoms with Crippen LogP contribution in [0.2, 0.25) is 5.02 Å². The summed E-state index contributed by atoms with van der Waals surface area (Å²) in [5, 5.41) is 8.14. The molecule has 3 rings (SSSR count). The molecule has 0 unspecified atom stereocenters. The third-order valence-electron chi connectivity index (χ3n) is 3.51. The molecule has 1 aliphatic heterocycles. The van der Waals surface area contributed by atoms with E-state index in [1.165, 1.54) is 6.20 Å². The zero-order valence-corrected chi connectivity index (χ0v) is 11.6. The minimum absolute atomic E-state index is 0.0417. The monoisotopic (exact) mass is 291 g/mol. The van der Waals surface area contributed by atoms with Gasteiger partial charge in [-0.05, 0) is 18.9 Å². The maximum absolute atomic E-state index is 12.6. The number of halogens is 1. The van der Waals surface area contributed by atoms with Crippen molar-refractivity contribution in [1.82, 2.24) is 24.9 Å². The van der Waals surface area contributed by atoms with Crippen molar-refractivity contribution in [1.29, 1.82) is 0 Å². The normalized spacial score (nSPS) is 18.4. The third-order valence-corrected chi connectivity index (χ3v) is 3.81. The minimum Gasteiger partial charge on any atom is -0.334 e. The first-order chi connectivity index (χ1) is 9.75. The zero-order chi connectivity index (χ0) is 13.9. The van der Waals surface area contributed by atoms with Gasteiger partial charge in [0, 0.05) is 25.1 Å². The van der Waals surface area contributed by atoms with Gasteiger partial charge in [-0.3, -0.25) is 14.5 Å². The Balaban J connectivity index is 1.78. The first-order valence-electron chi connectivity index (χ1n) is 6.50. The van der Waals surface area contributed by atoms with Crippen molar-refractivity contribution < 1.29 is 4.79 Å². The van der Waals surface area contributed by atoms with Gasteiger partial charge in [0.15, 0.2) is 0 Å². The lowest BCUT2D eigenvalue weighted by Crippen LogP contribution is -2.38. The Morgan fingerprint density at radius 1 is 1.45 bits per heavy atom. The van der Waals surface area contributed by atoms with Gasteiger partial charge in [0.1, 0.15) is 0 Å². The molecule has 1 fully saturated rings. The first kappa shape index (κ1) is 13.1. The van der Waals surface area contributed by atoms with Gasteiger partial charge >= 0.3 is 0 Å². The van der Waals surface area contributed by atoms with Crippen molar-refractivity contribution >= 4 is 17.5 Å². The quantitative estimate of drug-likeness (QED) is 0.862. The average Bonchev–Trinajstić information content (AvgIpc) is 3.11. The van der Waals surface area contributed by atoms with E-state index >= 15 is 0 Å². The number of pyridine rings is 1. The molecule has 0 aliphatic carbocycles. The van der Waals surface area contributed by atoms with Crippen LogP contribution in [0.1, 0.15) is 23.2 Å². The number of carbonyl (C=O) groups is 1. The van der Waals surface area contributed by atoms with Gasteiger partial charge < -0.3 is 4.90 Å². The summed E-state index contributed by atoms with van der Waals surface area (Å²) in [4.78, 5) is 18.3. The van der Waals surface area contributed by atoms with Crippen LogP contribution in [0.25, 0.3) is 0 Å². The summed E-state index contributed by atoms with van der Waals surface area (Å²) in [7, 11) is 0. The van der Waals surface area contributed by atoms with E-state index in [-0.39, 0.29) is 11.9 Å². The highest BCUT2D eigenvalue weighted by Gasteiger charge is 2.30. The number of aromatic nitrogens is 4. The second-order valence-electron chi connectivity index (χ2n) is 4.78. The van der Waals surface area contributed by atoms with Gasteiger partial charge in [-0.15, -0.1) is 5.10 Å². The highest BCUT2D eigenvalue weighted by atomic mass is 35.5. The lowest BCUT2D eigenvalue weighted by Gasteiger charge is -2.24. The predicted molar refractivity (Wildman–Crippen MR) is 73.3 cm³/mol. The van der Waals surface area contributed by atoms with Crippen molar-refractivity contribution in [2.45, 2.75) is 25.4 Å². The second kappa shape index (κ2) is 5.58. The Bertz CT molecular complexity index is 601. The maximum Gasteiger partial charge on any atom is 0.255 e. The number of hydrogen-bond donors (Lipinski definition) is 0. The summed E-state index contributed by atoms with van der Waals surface area (Å²) in [6.45, 7) is 1.41. The number of carbonyl (C=O) groups excluding carboxylic acids is 1. The standard InChI is InChI=1S/C13H14ClN5O/c14-12-8-15-4-3-11(12)13(20)19-6-1-2-10(19)9-18-7-5-16-17-18/h3-5,7-8,10H,1-2,6,9H2/t10-/m0/s1. The number of rotatable bonds is 3. The van der Waals surface area contributed by atoms with Crippen molar-refractivity contribution in [2.24, 2.45) is 0 Å². The number of nitrogens with zero attached hydrogens (tertiary/aromatic N) is 5. The topological polar surface area (TPSA) is 63.9 Å². The molecular weight excluding hydrogens is 278 g/mol. The van der Waals surface area contributed by atoms with Gasteiger partial charge in [-0.2, -0.15) is 0 Å². The zero-order valence-electron chi connectivity index (χ0n) is 10.8. The smallest absolute Gasteiger partial charge is 0.255 e. The lowest BCUT2D eigenvalue weighted by molar-refractivity contribution is 0.0721. The Labute approximate surface area is 121 Å². The molecule has 2 aromatic heterocycles. The molecule has 1 amide bonds.